The highest BCUT2D eigenvalue weighted by Gasteiger charge is 2.17. The molecule has 1 aliphatic carbocycles. The van der Waals surface area contributed by atoms with E-state index in [4.69, 9.17) is 0 Å². The molecule has 0 nitrogen and oxygen atoms in total. The predicted molar refractivity (Wildman–Crippen MR) is 51.6 cm³/mol. The van der Waals surface area contributed by atoms with Gasteiger partial charge in [0.25, 0.3) is 0 Å². The van der Waals surface area contributed by atoms with Crippen LogP contribution in [0.4, 0.5) is 0 Å². The third kappa shape index (κ3) is 2.08. The Balaban J connectivity index is 2.12. The van der Waals surface area contributed by atoms with Gasteiger partial charge in [-0.15, -0.1) is 11.3 Å². The van der Waals surface area contributed by atoms with Gasteiger partial charge < -0.3 is 0 Å². The first-order valence-electron chi connectivity index (χ1n) is 3.61. The summed E-state index contributed by atoms with van der Waals surface area (Å²) in [6.07, 6.45) is 2.61. The number of hydrogen-bond acceptors (Lipinski definition) is 1. The highest BCUT2D eigenvalue weighted by molar-refractivity contribution is 9.11. The maximum atomic E-state index is 3.41. The normalized spacial score (nSPS) is 15.7. The first-order chi connectivity index (χ1) is 5.34. The van der Waals surface area contributed by atoms with E-state index in [9.17, 15) is 0 Å². The summed E-state index contributed by atoms with van der Waals surface area (Å²) in [4.78, 5) is 1.17. The van der Waals surface area contributed by atoms with Crippen molar-refractivity contribution in [3.8, 4) is 11.8 Å². The van der Waals surface area contributed by atoms with Gasteiger partial charge in [0.2, 0.25) is 0 Å². The monoisotopic (exact) mass is 226 g/mol. The number of hydrogen-bond donors (Lipinski definition) is 0. The Morgan fingerprint density at radius 3 is 2.82 bits per heavy atom. The van der Waals surface area contributed by atoms with Gasteiger partial charge in [-0.05, 0) is 40.9 Å². The molecule has 11 heavy (non-hydrogen) atoms. The number of halogens is 1. The summed E-state index contributed by atoms with van der Waals surface area (Å²) in [5.74, 6) is 7.10. The highest BCUT2D eigenvalue weighted by atomic mass is 79.9. The minimum Gasteiger partial charge on any atom is -0.120 e. The molecule has 0 unspecified atom stereocenters. The van der Waals surface area contributed by atoms with Crippen molar-refractivity contribution in [3.63, 3.8) is 0 Å². The Morgan fingerprint density at radius 1 is 1.45 bits per heavy atom. The minimum absolute atomic E-state index is 0.705. The van der Waals surface area contributed by atoms with Gasteiger partial charge in [0.1, 0.15) is 0 Å². The van der Waals surface area contributed by atoms with Crippen LogP contribution < -0.4 is 0 Å². The summed E-state index contributed by atoms with van der Waals surface area (Å²) < 4.78 is 1.16. The molecule has 1 saturated carbocycles. The van der Waals surface area contributed by atoms with Crippen molar-refractivity contribution in [2.24, 2.45) is 5.92 Å². The molecular formula is C9H7BrS. The summed E-state index contributed by atoms with van der Waals surface area (Å²) in [6.45, 7) is 0. The molecule has 1 heterocycles. The summed E-state index contributed by atoms with van der Waals surface area (Å²) in [5, 5.41) is 0. The summed E-state index contributed by atoms with van der Waals surface area (Å²) >= 11 is 5.11. The maximum absolute atomic E-state index is 3.41. The van der Waals surface area contributed by atoms with Gasteiger partial charge in [-0.2, -0.15) is 0 Å². The Bertz CT molecular complexity index is 312. The highest BCUT2D eigenvalue weighted by Crippen LogP contribution is 2.28. The lowest BCUT2D eigenvalue weighted by atomic mass is 10.4. The van der Waals surface area contributed by atoms with Crippen LogP contribution in [-0.4, -0.2) is 0 Å². The average molecular weight is 227 g/mol. The topological polar surface area (TPSA) is 0 Å². The van der Waals surface area contributed by atoms with Crippen LogP contribution >= 0.6 is 27.3 Å². The molecule has 1 aliphatic rings. The molecule has 1 aromatic heterocycles. The number of rotatable bonds is 0. The zero-order valence-corrected chi connectivity index (χ0v) is 8.33. The van der Waals surface area contributed by atoms with E-state index in [-0.39, 0.29) is 0 Å². The van der Waals surface area contributed by atoms with E-state index in [1.165, 1.54) is 17.7 Å². The van der Waals surface area contributed by atoms with Gasteiger partial charge in [-0.3, -0.25) is 0 Å². The fraction of sp³-hybridized carbons (Fsp3) is 0.333. The molecule has 2 heteroatoms. The Labute approximate surface area is 78.8 Å². The lowest BCUT2D eigenvalue weighted by Gasteiger charge is -1.75. The zero-order valence-electron chi connectivity index (χ0n) is 5.93. The van der Waals surface area contributed by atoms with Crippen LogP contribution in [0.5, 0.6) is 0 Å². The standard InChI is InChI=1S/C9H7BrS/c10-9-6-5-8(11-9)4-3-7-1-2-7/h5-7H,1-2H2. The van der Waals surface area contributed by atoms with Gasteiger partial charge in [0.05, 0.1) is 8.66 Å². The Morgan fingerprint density at radius 2 is 2.27 bits per heavy atom. The fourth-order valence-corrected chi connectivity index (χ4v) is 2.03. The molecule has 0 atom stereocenters. The Kier molecular flexibility index (Phi) is 2.02. The second kappa shape index (κ2) is 3.00. The van der Waals surface area contributed by atoms with Crippen molar-refractivity contribution in [1.29, 1.82) is 0 Å². The summed E-state index contributed by atoms with van der Waals surface area (Å²) in [5.41, 5.74) is 0. The molecule has 0 amide bonds. The van der Waals surface area contributed by atoms with E-state index >= 15 is 0 Å². The Hall–Kier alpha value is -0.260. The second-order valence-electron chi connectivity index (χ2n) is 2.65. The molecule has 1 aromatic rings. The lowest BCUT2D eigenvalue weighted by molar-refractivity contribution is 1.18. The third-order valence-corrected chi connectivity index (χ3v) is 3.09. The van der Waals surface area contributed by atoms with Crippen LogP contribution in [0.1, 0.15) is 17.7 Å². The van der Waals surface area contributed by atoms with Crippen LogP contribution in [0.2, 0.25) is 0 Å². The molecule has 0 saturated heterocycles. The molecule has 0 N–H and O–H groups in total. The van der Waals surface area contributed by atoms with Gasteiger partial charge in [0.15, 0.2) is 0 Å². The molecule has 2 rings (SSSR count). The van der Waals surface area contributed by atoms with Crippen molar-refractivity contribution in [2.45, 2.75) is 12.8 Å². The van der Waals surface area contributed by atoms with Gasteiger partial charge in [-0.25, -0.2) is 0 Å². The predicted octanol–water partition coefficient (Wildman–Crippen LogP) is 3.27. The van der Waals surface area contributed by atoms with E-state index in [0.717, 1.165) is 3.79 Å². The molecule has 0 radical (unpaired) electrons. The first kappa shape index (κ1) is 7.39. The largest absolute Gasteiger partial charge is 0.120 e. The van der Waals surface area contributed by atoms with E-state index < -0.39 is 0 Å². The van der Waals surface area contributed by atoms with E-state index in [1.54, 1.807) is 11.3 Å². The van der Waals surface area contributed by atoms with Crippen LogP contribution in [0.15, 0.2) is 15.9 Å². The van der Waals surface area contributed by atoms with E-state index in [1.807, 2.05) is 6.07 Å². The van der Waals surface area contributed by atoms with Gasteiger partial charge >= 0.3 is 0 Å². The second-order valence-corrected chi connectivity index (χ2v) is 5.11. The van der Waals surface area contributed by atoms with Crippen LogP contribution in [0.3, 0.4) is 0 Å². The lowest BCUT2D eigenvalue weighted by Crippen LogP contribution is -1.63. The van der Waals surface area contributed by atoms with Crippen molar-refractivity contribution < 1.29 is 0 Å². The van der Waals surface area contributed by atoms with Crippen molar-refractivity contribution in [2.75, 3.05) is 0 Å². The van der Waals surface area contributed by atoms with E-state index in [2.05, 4.69) is 33.8 Å². The van der Waals surface area contributed by atoms with E-state index in [0.29, 0.717) is 5.92 Å². The molecular weight excluding hydrogens is 220 g/mol. The fourth-order valence-electron chi connectivity index (χ4n) is 0.782. The van der Waals surface area contributed by atoms with Crippen molar-refractivity contribution in [1.82, 2.24) is 0 Å². The molecule has 56 valence electrons. The first-order valence-corrected chi connectivity index (χ1v) is 5.22. The van der Waals surface area contributed by atoms with Crippen LogP contribution in [0.25, 0.3) is 0 Å². The van der Waals surface area contributed by atoms with Gasteiger partial charge in [-0.1, -0.05) is 11.8 Å². The smallest absolute Gasteiger partial charge is 0.0780 e. The average Bonchev–Trinajstić information content (AvgIpc) is 2.72. The summed E-state index contributed by atoms with van der Waals surface area (Å²) in [7, 11) is 0. The SMILES string of the molecule is Brc1ccc(C#CC2CC2)s1. The zero-order chi connectivity index (χ0) is 7.68. The molecule has 0 aromatic carbocycles. The van der Waals surface area contributed by atoms with Crippen LogP contribution in [-0.2, 0) is 0 Å². The minimum atomic E-state index is 0.705. The molecule has 0 aliphatic heterocycles. The summed E-state index contributed by atoms with van der Waals surface area (Å²) in [6, 6.07) is 4.10. The third-order valence-electron chi connectivity index (χ3n) is 1.55. The molecule has 1 fully saturated rings. The quantitative estimate of drug-likeness (QED) is 0.596. The number of thiophene rings is 1. The molecule has 0 bridgehead atoms. The van der Waals surface area contributed by atoms with Gasteiger partial charge in [0, 0.05) is 5.92 Å². The van der Waals surface area contributed by atoms with Crippen LogP contribution in [0, 0.1) is 17.8 Å². The maximum Gasteiger partial charge on any atom is 0.0780 e. The molecule has 0 spiro atoms. The van der Waals surface area contributed by atoms with Crippen molar-refractivity contribution >= 4 is 27.3 Å². The van der Waals surface area contributed by atoms with Crippen molar-refractivity contribution in [3.05, 3.63) is 20.8 Å².